The minimum Gasteiger partial charge on any atom is -0.308 e. The average molecular weight is 293 g/mol. The molecule has 4 rings (SSSR count). The second-order valence-electron chi connectivity index (χ2n) is 6.27. The Hall–Kier alpha value is -1.03. The molecule has 2 saturated carbocycles. The second kappa shape index (κ2) is 4.48. The second-order valence-corrected chi connectivity index (χ2v) is 6.54. The van der Waals surface area contributed by atoms with E-state index in [1.165, 1.54) is 31.3 Å². The first-order valence-electron chi connectivity index (χ1n) is 7.74. The zero-order valence-corrected chi connectivity index (χ0v) is 12.9. The lowest BCUT2D eigenvalue weighted by molar-refractivity contribution is 0.389. The van der Waals surface area contributed by atoms with Gasteiger partial charge in [-0.2, -0.15) is 5.10 Å². The summed E-state index contributed by atoms with van der Waals surface area (Å²) in [4.78, 5) is 4.79. The van der Waals surface area contributed by atoms with Gasteiger partial charge in [-0.05, 0) is 51.4 Å². The Morgan fingerprint density at radius 1 is 1.25 bits per heavy atom. The molecule has 0 bridgehead atoms. The summed E-state index contributed by atoms with van der Waals surface area (Å²) in [6, 6.07) is 0.607. The van der Waals surface area contributed by atoms with Crippen LogP contribution < -0.4 is 0 Å². The number of halogens is 1. The molecule has 0 atom stereocenters. The van der Waals surface area contributed by atoms with Crippen LogP contribution in [0.25, 0.3) is 11.2 Å². The lowest BCUT2D eigenvalue weighted by atomic mass is 10.1. The molecule has 5 heteroatoms. The molecule has 0 aromatic carbocycles. The molecule has 20 heavy (non-hydrogen) atoms. The molecular weight excluding hydrogens is 272 g/mol. The van der Waals surface area contributed by atoms with Gasteiger partial charge in [0.05, 0.1) is 11.6 Å². The third kappa shape index (κ3) is 1.80. The van der Waals surface area contributed by atoms with Crippen molar-refractivity contribution in [1.82, 2.24) is 19.3 Å². The van der Waals surface area contributed by atoms with E-state index in [1.807, 2.05) is 6.92 Å². The van der Waals surface area contributed by atoms with Crippen molar-refractivity contribution in [2.75, 3.05) is 0 Å². The van der Waals surface area contributed by atoms with Gasteiger partial charge in [0.2, 0.25) is 0 Å². The first-order chi connectivity index (χ1) is 9.74. The molecule has 0 amide bonds. The maximum atomic E-state index is 6.19. The number of imidazole rings is 1. The monoisotopic (exact) mass is 292 g/mol. The Morgan fingerprint density at radius 2 is 1.90 bits per heavy atom. The largest absolute Gasteiger partial charge is 0.308 e. The number of rotatable bonds is 5. The molecule has 2 aliphatic rings. The predicted molar refractivity (Wildman–Crippen MR) is 80.0 cm³/mol. The molecule has 0 aliphatic heterocycles. The fourth-order valence-electron chi connectivity index (χ4n) is 3.54. The number of fused-ring (bicyclic) bond motifs is 1. The van der Waals surface area contributed by atoms with Gasteiger partial charge in [0.15, 0.2) is 5.65 Å². The van der Waals surface area contributed by atoms with Crippen LogP contribution in [0.4, 0.5) is 0 Å². The maximum absolute atomic E-state index is 6.19. The quantitative estimate of drug-likeness (QED) is 0.788. The van der Waals surface area contributed by atoms with Crippen LogP contribution in [0.3, 0.4) is 0 Å². The van der Waals surface area contributed by atoms with Crippen molar-refractivity contribution in [3.05, 3.63) is 11.5 Å². The van der Waals surface area contributed by atoms with Gasteiger partial charge in [0.1, 0.15) is 11.3 Å². The van der Waals surface area contributed by atoms with Crippen molar-refractivity contribution in [1.29, 1.82) is 0 Å². The lowest BCUT2D eigenvalue weighted by Crippen LogP contribution is -2.18. The topological polar surface area (TPSA) is 35.6 Å². The van der Waals surface area contributed by atoms with Crippen molar-refractivity contribution in [3.8, 4) is 0 Å². The average Bonchev–Trinajstić information content (AvgIpc) is 3.35. The number of hydrogen-bond donors (Lipinski definition) is 0. The minimum absolute atomic E-state index is 0.494. The first kappa shape index (κ1) is 12.7. The molecule has 108 valence electrons. The molecule has 0 saturated heterocycles. The number of alkyl halides is 1. The van der Waals surface area contributed by atoms with E-state index in [0.29, 0.717) is 11.9 Å². The summed E-state index contributed by atoms with van der Waals surface area (Å²) in [6.07, 6.45) is 5.45. The van der Waals surface area contributed by atoms with Crippen LogP contribution in [0.5, 0.6) is 0 Å². The van der Waals surface area contributed by atoms with Gasteiger partial charge in [-0.1, -0.05) is 0 Å². The summed E-state index contributed by atoms with van der Waals surface area (Å²) in [7, 11) is 0. The van der Waals surface area contributed by atoms with Crippen molar-refractivity contribution in [2.24, 2.45) is 11.8 Å². The van der Waals surface area contributed by atoms with Crippen LogP contribution in [0, 0.1) is 18.8 Å². The van der Waals surface area contributed by atoms with Gasteiger partial charge in [0, 0.05) is 12.6 Å². The number of nitrogens with zero attached hydrogens (tertiary/aromatic N) is 4. The van der Waals surface area contributed by atoms with E-state index in [4.69, 9.17) is 16.6 Å². The molecule has 2 aliphatic carbocycles. The maximum Gasteiger partial charge on any atom is 0.159 e. The van der Waals surface area contributed by atoms with Crippen LogP contribution in [0.15, 0.2) is 0 Å². The number of hydrogen-bond acceptors (Lipinski definition) is 2. The fraction of sp³-hybridized carbons (Fsp3) is 0.733. The summed E-state index contributed by atoms with van der Waals surface area (Å²) in [6.45, 7) is 5.08. The van der Waals surface area contributed by atoms with Crippen LogP contribution in [-0.2, 0) is 12.4 Å². The van der Waals surface area contributed by atoms with Crippen molar-refractivity contribution in [2.45, 2.75) is 58.0 Å². The lowest BCUT2D eigenvalue weighted by Gasteiger charge is -2.21. The third-order valence-electron chi connectivity index (χ3n) is 4.74. The molecule has 0 unspecified atom stereocenters. The van der Waals surface area contributed by atoms with E-state index < -0.39 is 0 Å². The van der Waals surface area contributed by atoms with Crippen molar-refractivity contribution < 1.29 is 0 Å². The van der Waals surface area contributed by atoms with Gasteiger partial charge >= 0.3 is 0 Å². The Kier molecular flexibility index (Phi) is 2.85. The van der Waals surface area contributed by atoms with Crippen LogP contribution in [0.1, 0.15) is 50.2 Å². The summed E-state index contributed by atoms with van der Waals surface area (Å²) < 4.78 is 4.55. The SMILES string of the molecule is CCn1nc(C)c2nc(CCl)n(C(C3CC3)C3CC3)c21. The highest BCUT2D eigenvalue weighted by Crippen LogP contribution is 2.53. The standard InChI is InChI=1S/C15H21ClN4/c1-3-19-15-13(9(2)18-19)17-12(8-16)20(15)14(10-4-5-10)11-6-7-11/h10-11,14H,3-8H2,1-2H3. The van der Waals surface area contributed by atoms with E-state index in [2.05, 4.69) is 21.3 Å². The Balaban J connectivity index is 1.94. The van der Waals surface area contributed by atoms with E-state index >= 15 is 0 Å². The van der Waals surface area contributed by atoms with Gasteiger partial charge in [-0.3, -0.25) is 0 Å². The molecule has 2 heterocycles. The Morgan fingerprint density at radius 3 is 2.40 bits per heavy atom. The fourth-order valence-corrected chi connectivity index (χ4v) is 3.73. The number of aryl methyl sites for hydroxylation is 2. The van der Waals surface area contributed by atoms with Gasteiger partial charge in [-0.25, -0.2) is 9.67 Å². The summed E-state index contributed by atoms with van der Waals surface area (Å²) in [5, 5.41) is 4.64. The highest BCUT2D eigenvalue weighted by Gasteiger charge is 2.44. The third-order valence-corrected chi connectivity index (χ3v) is 4.98. The molecule has 0 N–H and O–H groups in total. The molecule has 0 radical (unpaired) electrons. The van der Waals surface area contributed by atoms with Crippen molar-refractivity contribution in [3.63, 3.8) is 0 Å². The molecule has 2 aromatic rings. The highest BCUT2D eigenvalue weighted by molar-refractivity contribution is 6.16. The normalized spacial score (nSPS) is 19.4. The summed E-state index contributed by atoms with van der Waals surface area (Å²) >= 11 is 6.19. The number of aromatic nitrogens is 4. The molecular formula is C15H21ClN4. The smallest absolute Gasteiger partial charge is 0.159 e. The molecule has 2 aromatic heterocycles. The van der Waals surface area contributed by atoms with E-state index in [-0.39, 0.29) is 0 Å². The summed E-state index contributed by atoms with van der Waals surface area (Å²) in [5.74, 6) is 3.20. The zero-order valence-electron chi connectivity index (χ0n) is 12.1. The van der Waals surface area contributed by atoms with Crippen LogP contribution >= 0.6 is 11.6 Å². The van der Waals surface area contributed by atoms with Gasteiger partial charge in [-0.15, -0.1) is 11.6 Å². The first-order valence-corrected chi connectivity index (χ1v) is 8.28. The van der Waals surface area contributed by atoms with Crippen LogP contribution in [-0.4, -0.2) is 19.3 Å². The predicted octanol–water partition coefficient (Wildman–Crippen LogP) is 3.66. The van der Waals surface area contributed by atoms with Gasteiger partial charge in [0.25, 0.3) is 0 Å². The van der Waals surface area contributed by atoms with E-state index in [9.17, 15) is 0 Å². The van der Waals surface area contributed by atoms with E-state index in [1.54, 1.807) is 0 Å². The molecule has 0 spiro atoms. The Bertz CT molecular complexity index is 636. The Labute approximate surface area is 124 Å². The molecule has 4 nitrogen and oxygen atoms in total. The minimum atomic E-state index is 0.494. The highest BCUT2D eigenvalue weighted by atomic mass is 35.5. The van der Waals surface area contributed by atoms with Crippen LogP contribution in [0.2, 0.25) is 0 Å². The van der Waals surface area contributed by atoms with E-state index in [0.717, 1.165) is 35.4 Å². The summed E-state index contributed by atoms with van der Waals surface area (Å²) in [5.41, 5.74) is 3.27. The van der Waals surface area contributed by atoms with Gasteiger partial charge < -0.3 is 4.57 Å². The zero-order chi connectivity index (χ0) is 13.9. The van der Waals surface area contributed by atoms with Crippen molar-refractivity contribution >= 4 is 22.8 Å². The molecule has 2 fully saturated rings.